The highest BCUT2D eigenvalue weighted by atomic mass is 32.2. The highest BCUT2D eigenvalue weighted by Crippen LogP contribution is 2.37. The van der Waals surface area contributed by atoms with Crippen LogP contribution in [0.1, 0.15) is 0 Å². The Hall–Kier alpha value is -1.25. The minimum atomic E-state index is -4.75. The van der Waals surface area contributed by atoms with Crippen LogP contribution < -0.4 is 0 Å². The van der Waals surface area contributed by atoms with Crippen molar-refractivity contribution in [2.45, 2.75) is 22.1 Å². The second-order valence-corrected chi connectivity index (χ2v) is 6.70. The van der Waals surface area contributed by atoms with Gasteiger partial charge >= 0.3 is 0 Å². The fraction of sp³-hybridized carbons (Fsp3) is 0.333. The molecule has 4 unspecified atom stereocenters. The lowest BCUT2D eigenvalue weighted by atomic mass is 10.1. The standard InChI is InChI=1S/C12H14O6S/c13-9-5-1-3-7-11(9,15)19(17,18)12(16)8-4-2-6-10(12)14/h1-10,13-16H. The van der Waals surface area contributed by atoms with Crippen molar-refractivity contribution in [3.05, 3.63) is 48.6 Å². The van der Waals surface area contributed by atoms with Crippen LogP contribution >= 0.6 is 0 Å². The molecule has 0 fully saturated rings. The number of allylic oxidation sites excluding steroid dienone is 4. The van der Waals surface area contributed by atoms with E-state index < -0.39 is 31.9 Å². The lowest BCUT2D eigenvalue weighted by Gasteiger charge is -2.38. The van der Waals surface area contributed by atoms with E-state index in [9.17, 15) is 28.8 Å². The van der Waals surface area contributed by atoms with Crippen LogP contribution in [-0.4, -0.2) is 50.9 Å². The summed E-state index contributed by atoms with van der Waals surface area (Å²) >= 11 is 0. The summed E-state index contributed by atoms with van der Waals surface area (Å²) in [7, 11) is -4.75. The second-order valence-electron chi connectivity index (χ2n) is 4.38. The Bertz CT molecular complexity index is 541. The molecule has 104 valence electrons. The average molecular weight is 286 g/mol. The zero-order valence-corrected chi connectivity index (χ0v) is 10.6. The summed E-state index contributed by atoms with van der Waals surface area (Å²) in [5.41, 5.74) is 0. The third-order valence-electron chi connectivity index (χ3n) is 3.19. The van der Waals surface area contributed by atoms with Gasteiger partial charge in [0.2, 0.25) is 19.7 Å². The van der Waals surface area contributed by atoms with Crippen LogP contribution in [0.25, 0.3) is 0 Å². The molecule has 0 saturated carbocycles. The molecule has 0 aromatic heterocycles. The first kappa shape index (κ1) is 14.2. The number of sulfone groups is 1. The summed E-state index contributed by atoms with van der Waals surface area (Å²) < 4.78 is 24.8. The molecule has 6 nitrogen and oxygen atoms in total. The van der Waals surface area contributed by atoms with Crippen molar-refractivity contribution in [1.29, 1.82) is 0 Å². The number of rotatable bonds is 2. The Morgan fingerprint density at radius 1 is 0.789 bits per heavy atom. The molecule has 0 aromatic rings. The maximum atomic E-state index is 12.4. The highest BCUT2D eigenvalue weighted by Gasteiger charge is 2.59. The first-order valence-electron chi connectivity index (χ1n) is 5.53. The van der Waals surface area contributed by atoms with Crippen LogP contribution in [0.5, 0.6) is 0 Å². The molecule has 7 heteroatoms. The molecular weight excluding hydrogens is 272 g/mol. The van der Waals surface area contributed by atoms with Gasteiger partial charge in [-0.1, -0.05) is 36.5 Å². The largest absolute Gasteiger partial charge is 0.385 e. The van der Waals surface area contributed by atoms with Crippen molar-refractivity contribution in [1.82, 2.24) is 0 Å². The summed E-state index contributed by atoms with van der Waals surface area (Å²) in [5, 5.41) is 39.8. The Morgan fingerprint density at radius 2 is 1.16 bits per heavy atom. The predicted octanol–water partition coefficient (Wildman–Crippen LogP) is -1.25. The molecule has 4 N–H and O–H groups in total. The van der Waals surface area contributed by atoms with Gasteiger partial charge in [-0.25, -0.2) is 8.42 Å². The highest BCUT2D eigenvalue weighted by molar-refractivity contribution is 7.94. The van der Waals surface area contributed by atoms with E-state index in [1.807, 2.05) is 0 Å². The Balaban J connectivity index is 2.55. The summed E-state index contributed by atoms with van der Waals surface area (Å²) in [6.45, 7) is 0. The minimum Gasteiger partial charge on any atom is -0.385 e. The lowest BCUT2D eigenvalue weighted by molar-refractivity contribution is 0.0147. The van der Waals surface area contributed by atoms with Gasteiger partial charge in [0.05, 0.1) is 0 Å². The van der Waals surface area contributed by atoms with E-state index in [0.717, 1.165) is 24.3 Å². The summed E-state index contributed by atoms with van der Waals surface area (Å²) in [6, 6.07) is 0. The molecule has 4 atom stereocenters. The van der Waals surface area contributed by atoms with E-state index in [-0.39, 0.29) is 0 Å². The van der Waals surface area contributed by atoms with Gasteiger partial charge in [-0.05, 0) is 12.2 Å². The Morgan fingerprint density at radius 3 is 1.47 bits per heavy atom. The van der Waals surface area contributed by atoms with E-state index in [0.29, 0.717) is 0 Å². The first-order chi connectivity index (χ1) is 8.76. The molecule has 0 amide bonds. The molecular formula is C12H14O6S. The van der Waals surface area contributed by atoms with Gasteiger partial charge in [-0.3, -0.25) is 0 Å². The molecule has 0 spiro atoms. The monoisotopic (exact) mass is 286 g/mol. The van der Waals surface area contributed by atoms with Gasteiger partial charge in [0, 0.05) is 0 Å². The Labute approximate surface area is 110 Å². The zero-order valence-electron chi connectivity index (χ0n) is 9.79. The summed E-state index contributed by atoms with van der Waals surface area (Å²) in [4.78, 5) is -5.40. The van der Waals surface area contributed by atoms with Crippen molar-refractivity contribution in [3.8, 4) is 0 Å². The van der Waals surface area contributed by atoms with Crippen LogP contribution in [0.4, 0.5) is 0 Å². The molecule has 0 heterocycles. The molecule has 2 aliphatic rings. The van der Waals surface area contributed by atoms with Crippen LogP contribution in [-0.2, 0) is 9.84 Å². The normalized spacial score (nSPS) is 41.7. The molecule has 2 rings (SSSR count). The van der Waals surface area contributed by atoms with Crippen molar-refractivity contribution >= 4 is 9.84 Å². The number of hydrogen-bond acceptors (Lipinski definition) is 6. The van der Waals surface area contributed by atoms with Crippen LogP contribution in [0.15, 0.2) is 48.6 Å². The molecule has 0 aliphatic heterocycles. The smallest absolute Gasteiger partial charge is 0.222 e. The number of aliphatic hydroxyl groups excluding tert-OH is 2. The van der Waals surface area contributed by atoms with Crippen molar-refractivity contribution in [3.63, 3.8) is 0 Å². The quantitative estimate of drug-likeness (QED) is 0.504. The maximum Gasteiger partial charge on any atom is 0.222 e. The lowest BCUT2D eigenvalue weighted by Crippen LogP contribution is -2.60. The first-order valence-corrected chi connectivity index (χ1v) is 7.01. The van der Waals surface area contributed by atoms with Gasteiger partial charge in [0.25, 0.3) is 0 Å². The molecule has 0 saturated heterocycles. The topological polar surface area (TPSA) is 115 Å². The van der Waals surface area contributed by atoms with Gasteiger partial charge in [-0.2, -0.15) is 0 Å². The van der Waals surface area contributed by atoms with E-state index in [1.165, 1.54) is 24.3 Å². The molecule has 0 aromatic carbocycles. The van der Waals surface area contributed by atoms with Gasteiger partial charge in [0.1, 0.15) is 12.2 Å². The maximum absolute atomic E-state index is 12.4. The molecule has 0 radical (unpaired) electrons. The zero-order chi connectivity index (χ0) is 14.3. The fourth-order valence-corrected chi connectivity index (χ4v) is 3.79. The third kappa shape index (κ3) is 1.82. The van der Waals surface area contributed by atoms with Crippen molar-refractivity contribution in [2.24, 2.45) is 0 Å². The van der Waals surface area contributed by atoms with Gasteiger partial charge in [0.15, 0.2) is 0 Å². The fourth-order valence-electron chi connectivity index (χ4n) is 1.96. The number of aliphatic hydroxyl groups is 4. The molecule has 2 aliphatic carbocycles. The van der Waals surface area contributed by atoms with Gasteiger partial charge < -0.3 is 20.4 Å². The second kappa shape index (κ2) is 4.39. The van der Waals surface area contributed by atoms with Gasteiger partial charge in [-0.15, -0.1) is 0 Å². The van der Waals surface area contributed by atoms with Crippen molar-refractivity contribution in [2.75, 3.05) is 0 Å². The minimum absolute atomic E-state index is 0.865. The predicted molar refractivity (Wildman–Crippen MR) is 67.4 cm³/mol. The van der Waals surface area contributed by atoms with Crippen LogP contribution in [0, 0.1) is 0 Å². The number of hydrogen-bond donors (Lipinski definition) is 4. The molecule has 0 bridgehead atoms. The SMILES string of the molecule is O=S(=O)(C1(O)C=CC=CC1O)C1(O)C=CC=CC1O. The summed E-state index contributed by atoms with van der Waals surface area (Å²) in [5.74, 6) is 0. The van der Waals surface area contributed by atoms with E-state index in [2.05, 4.69) is 0 Å². The Kier molecular flexibility index (Phi) is 3.28. The van der Waals surface area contributed by atoms with Crippen LogP contribution in [0.2, 0.25) is 0 Å². The van der Waals surface area contributed by atoms with E-state index in [4.69, 9.17) is 0 Å². The van der Waals surface area contributed by atoms with Crippen molar-refractivity contribution < 1.29 is 28.8 Å². The van der Waals surface area contributed by atoms with E-state index in [1.54, 1.807) is 0 Å². The molecule has 19 heavy (non-hydrogen) atoms. The third-order valence-corrected chi connectivity index (χ3v) is 5.66. The van der Waals surface area contributed by atoms with Crippen LogP contribution in [0.3, 0.4) is 0 Å². The van der Waals surface area contributed by atoms with E-state index >= 15 is 0 Å². The summed E-state index contributed by atoms with van der Waals surface area (Å²) in [6.07, 6.45) is 5.62. The average Bonchev–Trinajstić information content (AvgIpc) is 2.36.